The largest absolute Gasteiger partial charge is 0.390 e. The first-order valence-corrected chi connectivity index (χ1v) is 15.0. The maximum Gasteiger partial charge on any atom is 0.333 e. The van der Waals surface area contributed by atoms with Crippen molar-refractivity contribution in [3.63, 3.8) is 0 Å². The molecular formula is C27H43N3O4S. The Bertz CT molecular complexity index is 1030. The van der Waals surface area contributed by atoms with Crippen LogP contribution in [0.1, 0.15) is 78.6 Å². The van der Waals surface area contributed by atoms with Gasteiger partial charge in [-0.25, -0.2) is 4.98 Å². The molecule has 0 bridgehead atoms. The summed E-state index contributed by atoms with van der Waals surface area (Å²) < 4.78 is 36.5. The van der Waals surface area contributed by atoms with Crippen LogP contribution in [0.3, 0.4) is 0 Å². The highest BCUT2D eigenvalue weighted by Gasteiger charge is 2.57. The van der Waals surface area contributed by atoms with E-state index < -0.39 is 15.9 Å². The molecule has 1 aromatic rings. The molecule has 4 unspecified atom stereocenters. The van der Waals surface area contributed by atoms with Gasteiger partial charge in [-0.2, -0.15) is 13.1 Å². The van der Waals surface area contributed by atoms with Crippen LogP contribution >= 0.6 is 0 Å². The summed E-state index contributed by atoms with van der Waals surface area (Å²) in [5.41, 5.74) is 1.03. The molecule has 3 N–H and O–H groups in total. The van der Waals surface area contributed by atoms with Crippen molar-refractivity contribution in [2.24, 2.45) is 40.9 Å². The minimum absolute atomic E-state index is 0.181. The molecule has 4 aliphatic carbocycles. The molecule has 1 aromatic heterocycles. The summed E-state index contributed by atoms with van der Waals surface area (Å²) in [7, 11) is -4.15. The van der Waals surface area contributed by atoms with E-state index in [1.54, 1.807) is 0 Å². The van der Waals surface area contributed by atoms with Crippen LogP contribution in [0, 0.1) is 40.9 Å². The van der Waals surface area contributed by atoms with E-state index >= 15 is 0 Å². The monoisotopic (exact) mass is 505 g/mol. The molecular weight excluding hydrogens is 462 g/mol. The lowest BCUT2D eigenvalue weighted by Crippen LogP contribution is -2.48. The lowest BCUT2D eigenvalue weighted by molar-refractivity contribution is -0.0425. The van der Waals surface area contributed by atoms with Crippen LogP contribution in [0.2, 0.25) is 0 Å². The number of fused-ring (bicyclic) bond motifs is 5. The van der Waals surface area contributed by atoms with E-state index in [0.29, 0.717) is 40.9 Å². The highest BCUT2D eigenvalue weighted by Crippen LogP contribution is 2.65. The smallest absolute Gasteiger partial charge is 0.333 e. The van der Waals surface area contributed by atoms with E-state index in [1.165, 1.54) is 31.3 Å². The first-order valence-electron chi connectivity index (χ1n) is 13.5. The Morgan fingerprint density at radius 1 is 1.23 bits per heavy atom. The minimum Gasteiger partial charge on any atom is -0.390 e. The summed E-state index contributed by atoms with van der Waals surface area (Å²) in [5, 5.41) is 10.8. The summed E-state index contributed by atoms with van der Waals surface area (Å²) in [6, 6.07) is -0.181. The van der Waals surface area contributed by atoms with Crippen molar-refractivity contribution in [1.82, 2.24) is 14.3 Å². The van der Waals surface area contributed by atoms with E-state index in [4.69, 9.17) is 0 Å². The number of hydrogen-bond donors (Lipinski definition) is 3. The third-order valence-corrected chi connectivity index (χ3v) is 10.8. The van der Waals surface area contributed by atoms with Crippen LogP contribution in [-0.4, -0.2) is 39.3 Å². The van der Waals surface area contributed by atoms with E-state index in [9.17, 15) is 18.1 Å². The van der Waals surface area contributed by atoms with Gasteiger partial charge in [0.2, 0.25) is 0 Å². The molecule has 0 aromatic carbocycles. The average molecular weight is 506 g/mol. The number of nitrogens with one attached hydrogen (secondary N) is 1. The molecule has 8 heteroatoms. The van der Waals surface area contributed by atoms with Crippen molar-refractivity contribution in [2.75, 3.05) is 0 Å². The highest BCUT2D eigenvalue weighted by molar-refractivity contribution is 7.83. The van der Waals surface area contributed by atoms with Crippen molar-refractivity contribution < 1.29 is 18.1 Å². The summed E-state index contributed by atoms with van der Waals surface area (Å²) >= 11 is 0. The predicted molar refractivity (Wildman–Crippen MR) is 136 cm³/mol. The maximum atomic E-state index is 11.3. The number of aliphatic hydroxyl groups is 1. The van der Waals surface area contributed by atoms with E-state index in [2.05, 4.69) is 27.3 Å². The zero-order valence-corrected chi connectivity index (χ0v) is 22.3. The van der Waals surface area contributed by atoms with Crippen molar-refractivity contribution in [1.29, 1.82) is 0 Å². The van der Waals surface area contributed by atoms with Gasteiger partial charge in [0.1, 0.15) is 0 Å². The lowest BCUT2D eigenvalue weighted by Gasteiger charge is -2.55. The molecule has 0 spiro atoms. The quantitative estimate of drug-likeness (QED) is 0.371. The van der Waals surface area contributed by atoms with E-state index in [-0.39, 0.29) is 6.04 Å². The van der Waals surface area contributed by atoms with Gasteiger partial charge in [-0.05, 0) is 113 Å². The van der Waals surface area contributed by atoms with Crippen LogP contribution in [0.5, 0.6) is 0 Å². The summed E-state index contributed by atoms with van der Waals surface area (Å²) in [4.78, 5) is 4.26. The fraction of sp³-hybridized carbons (Fsp3) is 0.815. The van der Waals surface area contributed by atoms with Gasteiger partial charge in [-0.15, -0.1) is 0 Å². The Morgan fingerprint density at radius 3 is 2.71 bits per heavy atom. The molecule has 0 aliphatic heterocycles. The average Bonchev–Trinajstić information content (AvgIpc) is 3.37. The predicted octanol–water partition coefficient (Wildman–Crippen LogP) is 4.61. The van der Waals surface area contributed by atoms with E-state index in [1.807, 2.05) is 32.6 Å². The van der Waals surface area contributed by atoms with Crippen molar-refractivity contribution in [3.8, 4) is 0 Å². The summed E-state index contributed by atoms with van der Waals surface area (Å²) in [5.74, 6) is 3.70. The van der Waals surface area contributed by atoms with Gasteiger partial charge in [-0.1, -0.05) is 18.6 Å². The molecule has 5 rings (SSSR count). The van der Waals surface area contributed by atoms with Crippen LogP contribution < -0.4 is 4.72 Å². The number of allylic oxidation sites excluding steroid dienone is 1. The number of hydrogen-bond acceptors (Lipinski definition) is 4. The Kier molecular flexibility index (Phi) is 6.73. The molecule has 0 amide bonds. The van der Waals surface area contributed by atoms with Gasteiger partial charge in [0.05, 0.1) is 11.9 Å². The molecule has 8 atom stereocenters. The molecule has 3 fully saturated rings. The Labute approximate surface area is 210 Å². The van der Waals surface area contributed by atoms with Crippen LogP contribution in [0.15, 0.2) is 30.4 Å². The number of imidazole rings is 1. The molecule has 0 radical (unpaired) electrons. The summed E-state index contributed by atoms with van der Waals surface area (Å²) in [6.45, 7) is 7.35. The normalized spacial score (nSPS) is 38.3. The van der Waals surface area contributed by atoms with Gasteiger partial charge in [-0.3, -0.25) is 4.55 Å². The van der Waals surface area contributed by atoms with Gasteiger partial charge in [0.25, 0.3) is 0 Å². The van der Waals surface area contributed by atoms with Crippen molar-refractivity contribution in [3.05, 3.63) is 30.4 Å². The molecule has 1 heterocycles. The molecule has 3 saturated carbocycles. The van der Waals surface area contributed by atoms with Crippen LogP contribution in [0.25, 0.3) is 0 Å². The Balaban J connectivity index is 1.34. The highest BCUT2D eigenvalue weighted by atomic mass is 32.2. The van der Waals surface area contributed by atoms with E-state index in [0.717, 1.165) is 38.6 Å². The number of rotatable bonds is 7. The fourth-order valence-electron chi connectivity index (χ4n) is 9.04. The standard InChI is InChI=1S/C27H43N3O4S/c1-26(2,31)15-19(16-30-13-12-28-17-30)24-8-9-25-23-6-4-18-14-20(29-35(32,33)34)5-7-21(18)22(23)10-11-27(24,25)3/h4,12-13,17,19-25,29,31H,5-11,14-16H2,1-3H3,(H,32,33,34)/t19?,20-,21-,22?,23?,24+,25?,27+/m0/s1. The van der Waals surface area contributed by atoms with Gasteiger partial charge < -0.3 is 9.67 Å². The minimum atomic E-state index is -4.15. The fourth-order valence-corrected chi connectivity index (χ4v) is 9.66. The molecule has 4 aliphatic rings. The first-order chi connectivity index (χ1) is 16.4. The second kappa shape index (κ2) is 9.26. The topological polar surface area (TPSA) is 104 Å². The zero-order valence-electron chi connectivity index (χ0n) is 21.4. The van der Waals surface area contributed by atoms with Crippen LogP contribution in [0.4, 0.5) is 0 Å². The third-order valence-electron chi connectivity index (χ3n) is 10.2. The number of nitrogens with zero attached hydrogens (tertiary/aromatic N) is 2. The van der Waals surface area contributed by atoms with Crippen LogP contribution in [-0.2, 0) is 16.8 Å². The Morgan fingerprint density at radius 2 is 2.03 bits per heavy atom. The molecule has 196 valence electrons. The lowest BCUT2D eigenvalue weighted by atomic mass is 9.50. The number of aromatic nitrogens is 2. The Hall–Kier alpha value is -1.22. The molecule has 7 nitrogen and oxygen atoms in total. The zero-order chi connectivity index (χ0) is 25.0. The van der Waals surface area contributed by atoms with Crippen molar-refractivity contribution >= 4 is 10.3 Å². The first kappa shape index (κ1) is 25.4. The summed E-state index contributed by atoms with van der Waals surface area (Å²) in [6.07, 6.45) is 17.7. The van der Waals surface area contributed by atoms with Gasteiger partial charge >= 0.3 is 10.3 Å². The van der Waals surface area contributed by atoms with Gasteiger partial charge in [0.15, 0.2) is 0 Å². The second-order valence-electron chi connectivity index (χ2n) is 12.9. The third kappa shape index (κ3) is 5.27. The molecule has 35 heavy (non-hydrogen) atoms. The van der Waals surface area contributed by atoms with Crippen molar-refractivity contribution in [2.45, 2.75) is 96.7 Å². The SMILES string of the molecule is CC(C)(O)CC(Cn1ccnc1)[C@H]1CCC2C3CC=C4C[C@@H](NS(=O)(=O)O)CC[C@@H]4C3CC[C@@]21C. The van der Waals surface area contributed by atoms with Gasteiger partial charge in [0, 0.05) is 25.0 Å². The maximum absolute atomic E-state index is 11.3. The second-order valence-corrected chi connectivity index (χ2v) is 14.1. The molecule has 0 saturated heterocycles.